The summed E-state index contributed by atoms with van der Waals surface area (Å²) in [6.45, 7) is 3.61. The number of carbonyl (C=O) groups is 2. The molecular formula is C19H20N2O4S. The average Bonchev–Trinajstić information content (AvgIpc) is 3.27. The van der Waals surface area contributed by atoms with Gasteiger partial charge in [0.25, 0.3) is 0 Å². The van der Waals surface area contributed by atoms with Gasteiger partial charge in [0, 0.05) is 31.0 Å². The van der Waals surface area contributed by atoms with Crippen molar-refractivity contribution in [3.05, 3.63) is 41.4 Å². The summed E-state index contributed by atoms with van der Waals surface area (Å²) in [5, 5.41) is 2.69. The van der Waals surface area contributed by atoms with Crippen LogP contribution >= 0.6 is 11.3 Å². The van der Waals surface area contributed by atoms with Gasteiger partial charge in [0.1, 0.15) is 6.10 Å². The molecule has 3 heterocycles. The number of para-hydroxylation sites is 1. The minimum absolute atomic E-state index is 0.264. The molecule has 7 heteroatoms. The van der Waals surface area contributed by atoms with Crippen LogP contribution < -0.4 is 4.90 Å². The summed E-state index contributed by atoms with van der Waals surface area (Å²) >= 11 is 1.48. The third-order valence-corrected chi connectivity index (χ3v) is 6.06. The molecule has 0 bridgehead atoms. The Morgan fingerprint density at radius 2 is 1.96 bits per heavy atom. The van der Waals surface area contributed by atoms with Gasteiger partial charge < -0.3 is 14.4 Å². The van der Waals surface area contributed by atoms with Crippen LogP contribution in [0.15, 0.2) is 35.7 Å². The van der Waals surface area contributed by atoms with Crippen LogP contribution in [0.2, 0.25) is 0 Å². The van der Waals surface area contributed by atoms with Crippen molar-refractivity contribution in [3.63, 3.8) is 0 Å². The van der Waals surface area contributed by atoms with Gasteiger partial charge in [-0.1, -0.05) is 18.2 Å². The standard InChI is InChI=1S/C19H20N2O4S/c1-12-9-19(15(22)24-12)11-18(2,25-16(19)23)14-10-26-17(20-14)21(3)13-7-5-4-6-8-13/h4-8,10,12H,9,11H2,1-3H3/t12-,18-,19-/m1/s1. The molecule has 2 aromatic rings. The minimum Gasteiger partial charge on any atom is -0.462 e. The van der Waals surface area contributed by atoms with E-state index in [9.17, 15) is 9.59 Å². The Kier molecular flexibility index (Phi) is 3.80. The summed E-state index contributed by atoms with van der Waals surface area (Å²) in [6, 6.07) is 9.91. The molecule has 0 saturated carbocycles. The van der Waals surface area contributed by atoms with E-state index in [2.05, 4.69) is 4.98 Å². The lowest BCUT2D eigenvalue weighted by Crippen LogP contribution is -2.31. The largest absolute Gasteiger partial charge is 0.462 e. The van der Waals surface area contributed by atoms with Crippen molar-refractivity contribution in [3.8, 4) is 0 Å². The molecular weight excluding hydrogens is 352 g/mol. The molecule has 6 nitrogen and oxygen atoms in total. The van der Waals surface area contributed by atoms with Crippen LogP contribution in [0.25, 0.3) is 0 Å². The van der Waals surface area contributed by atoms with Gasteiger partial charge in [-0.2, -0.15) is 0 Å². The number of rotatable bonds is 3. The number of aromatic nitrogens is 1. The summed E-state index contributed by atoms with van der Waals surface area (Å²) in [5.74, 6) is -0.976. The third-order valence-electron chi connectivity index (χ3n) is 5.15. The van der Waals surface area contributed by atoms with Gasteiger partial charge in [0.05, 0.1) is 5.69 Å². The average molecular weight is 372 g/mol. The quantitative estimate of drug-likeness (QED) is 0.608. The fraction of sp³-hybridized carbons (Fsp3) is 0.421. The molecule has 0 aliphatic carbocycles. The van der Waals surface area contributed by atoms with Gasteiger partial charge in [-0.15, -0.1) is 11.3 Å². The molecule has 2 saturated heterocycles. The van der Waals surface area contributed by atoms with Crippen LogP contribution in [0.5, 0.6) is 0 Å². The van der Waals surface area contributed by atoms with E-state index in [0.29, 0.717) is 12.1 Å². The van der Waals surface area contributed by atoms with E-state index >= 15 is 0 Å². The number of hydrogen-bond acceptors (Lipinski definition) is 7. The molecule has 2 fully saturated rings. The second-order valence-electron chi connectivity index (χ2n) is 7.21. The van der Waals surface area contributed by atoms with Crippen LogP contribution in [0.4, 0.5) is 10.8 Å². The maximum absolute atomic E-state index is 12.5. The van der Waals surface area contributed by atoms with Gasteiger partial charge in [-0.05, 0) is 26.0 Å². The van der Waals surface area contributed by atoms with Crippen LogP contribution in [-0.4, -0.2) is 30.1 Å². The lowest BCUT2D eigenvalue weighted by Gasteiger charge is -2.21. The summed E-state index contributed by atoms with van der Waals surface area (Å²) in [7, 11) is 1.94. The maximum Gasteiger partial charge on any atom is 0.324 e. The highest BCUT2D eigenvalue weighted by Crippen LogP contribution is 2.52. The number of nitrogens with zero attached hydrogens (tertiary/aromatic N) is 2. The fourth-order valence-corrected chi connectivity index (χ4v) is 4.71. The Morgan fingerprint density at radius 3 is 2.62 bits per heavy atom. The van der Waals surface area contributed by atoms with Crippen molar-refractivity contribution in [2.24, 2.45) is 5.41 Å². The van der Waals surface area contributed by atoms with Crippen molar-refractivity contribution in [2.75, 3.05) is 11.9 Å². The highest BCUT2D eigenvalue weighted by molar-refractivity contribution is 7.13. The molecule has 2 aliphatic rings. The molecule has 0 N–H and O–H groups in total. The van der Waals surface area contributed by atoms with Gasteiger partial charge in [0.2, 0.25) is 0 Å². The van der Waals surface area contributed by atoms with E-state index in [0.717, 1.165) is 10.8 Å². The zero-order chi connectivity index (χ0) is 18.5. The smallest absolute Gasteiger partial charge is 0.324 e. The van der Waals surface area contributed by atoms with Gasteiger partial charge >= 0.3 is 11.9 Å². The molecule has 1 spiro atoms. The van der Waals surface area contributed by atoms with Gasteiger partial charge in [0.15, 0.2) is 16.1 Å². The predicted octanol–water partition coefficient (Wildman–Crippen LogP) is 3.39. The lowest BCUT2D eigenvalue weighted by molar-refractivity contribution is -0.160. The SMILES string of the molecule is C[C@@H]1C[C@@]2(C[C@](C)(c3csc(N(C)c4ccccc4)n3)OC2=O)C(=O)O1. The van der Waals surface area contributed by atoms with E-state index < -0.39 is 23.0 Å². The first-order valence-electron chi connectivity index (χ1n) is 8.53. The molecule has 1 aromatic carbocycles. The second-order valence-corrected chi connectivity index (χ2v) is 8.05. The molecule has 2 aliphatic heterocycles. The molecule has 3 atom stereocenters. The zero-order valence-corrected chi connectivity index (χ0v) is 15.7. The van der Waals surface area contributed by atoms with E-state index in [1.807, 2.05) is 54.6 Å². The number of benzene rings is 1. The number of cyclic esters (lactones) is 2. The topological polar surface area (TPSA) is 68.7 Å². The first-order valence-corrected chi connectivity index (χ1v) is 9.41. The molecule has 0 unspecified atom stereocenters. The van der Waals surface area contributed by atoms with Gasteiger partial charge in [-0.25, -0.2) is 4.98 Å². The van der Waals surface area contributed by atoms with Crippen LogP contribution in [-0.2, 0) is 24.7 Å². The summed E-state index contributed by atoms with van der Waals surface area (Å²) in [4.78, 5) is 31.5. The molecule has 4 rings (SSSR count). The van der Waals surface area contributed by atoms with Crippen molar-refractivity contribution in [1.82, 2.24) is 4.98 Å². The zero-order valence-electron chi connectivity index (χ0n) is 14.9. The number of thiazole rings is 1. The van der Waals surface area contributed by atoms with Crippen molar-refractivity contribution in [1.29, 1.82) is 0 Å². The van der Waals surface area contributed by atoms with Crippen LogP contribution in [0.3, 0.4) is 0 Å². The highest BCUT2D eigenvalue weighted by atomic mass is 32.1. The molecule has 136 valence electrons. The number of esters is 2. The summed E-state index contributed by atoms with van der Waals surface area (Å²) in [5.41, 5.74) is -0.431. The molecule has 0 amide bonds. The van der Waals surface area contributed by atoms with Crippen molar-refractivity contribution >= 4 is 34.1 Å². The number of anilines is 2. The maximum atomic E-state index is 12.5. The number of hydrogen-bond donors (Lipinski definition) is 0. The Hall–Kier alpha value is -2.41. The van der Waals surface area contributed by atoms with E-state index in [1.54, 1.807) is 6.92 Å². The van der Waals surface area contributed by atoms with E-state index in [4.69, 9.17) is 9.47 Å². The van der Waals surface area contributed by atoms with Crippen molar-refractivity contribution in [2.45, 2.75) is 38.4 Å². The Bertz CT molecular complexity index is 867. The Balaban J connectivity index is 1.62. The monoisotopic (exact) mass is 372 g/mol. The molecule has 0 radical (unpaired) electrons. The van der Waals surface area contributed by atoms with Gasteiger partial charge in [-0.3, -0.25) is 9.59 Å². The molecule has 26 heavy (non-hydrogen) atoms. The van der Waals surface area contributed by atoms with Crippen molar-refractivity contribution < 1.29 is 19.1 Å². The first-order chi connectivity index (χ1) is 12.3. The lowest BCUT2D eigenvalue weighted by atomic mass is 9.78. The summed E-state index contributed by atoms with van der Waals surface area (Å²) < 4.78 is 10.9. The van der Waals surface area contributed by atoms with Crippen LogP contribution in [0, 0.1) is 5.41 Å². The fourth-order valence-electron chi connectivity index (χ4n) is 3.77. The second kappa shape index (κ2) is 5.81. The first kappa shape index (κ1) is 17.0. The summed E-state index contributed by atoms with van der Waals surface area (Å²) in [6.07, 6.45) is 0.356. The predicted molar refractivity (Wildman–Crippen MR) is 97.3 cm³/mol. The highest BCUT2D eigenvalue weighted by Gasteiger charge is 2.65. The number of ether oxygens (including phenoxy) is 2. The third kappa shape index (κ3) is 2.49. The van der Waals surface area contributed by atoms with Crippen LogP contribution in [0.1, 0.15) is 32.4 Å². The minimum atomic E-state index is -1.19. The van der Waals surface area contributed by atoms with E-state index in [-0.39, 0.29) is 12.5 Å². The normalized spacial score (nSPS) is 30.5. The molecule has 1 aromatic heterocycles. The van der Waals surface area contributed by atoms with E-state index in [1.165, 1.54) is 11.3 Å². The Labute approximate surface area is 155 Å². The number of carbonyl (C=O) groups excluding carboxylic acids is 2. The Morgan fingerprint density at radius 1 is 1.23 bits per heavy atom.